The van der Waals surface area contributed by atoms with Gasteiger partial charge in [-0.1, -0.05) is 18.2 Å². The Kier molecular flexibility index (Phi) is 3.48. The summed E-state index contributed by atoms with van der Waals surface area (Å²) >= 11 is 0. The van der Waals surface area contributed by atoms with Crippen molar-refractivity contribution in [1.29, 1.82) is 0 Å². The molecule has 0 spiro atoms. The largest absolute Gasteiger partial charge is 0.493 e. The first-order chi connectivity index (χ1) is 9.28. The summed E-state index contributed by atoms with van der Waals surface area (Å²) in [6.07, 6.45) is 1.99. The van der Waals surface area contributed by atoms with Crippen LogP contribution in [0, 0.1) is 0 Å². The van der Waals surface area contributed by atoms with Gasteiger partial charge in [-0.25, -0.2) is 0 Å². The van der Waals surface area contributed by atoms with Gasteiger partial charge in [0.2, 0.25) is 0 Å². The van der Waals surface area contributed by atoms with Crippen molar-refractivity contribution in [2.45, 2.75) is 36.9 Å². The molecule has 0 bridgehead atoms. The predicted octanol–water partition coefficient (Wildman–Crippen LogP) is 1.21. The summed E-state index contributed by atoms with van der Waals surface area (Å²) in [5.74, 6) is 0.844. The van der Waals surface area contributed by atoms with E-state index in [0.717, 1.165) is 37.2 Å². The summed E-state index contributed by atoms with van der Waals surface area (Å²) in [4.78, 5) is 0. The second kappa shape index (κ2) is 5.12. The average molecular weight is 263 g/mol. The van der Waals surface area contributed by atoms with E-state index in [1.54, 1.807) is 0 Å². The van der Waals surface area contributed by atoms with Crippen LogP contribution in [0.3, 0.4) is 0 Å². The summed E-state index contributed by atoms with van der Waals surface area (Å²) in [7, 11) is 0. The molecule has 1 saturated heterocycles. The molecule has 2 heterocycles. The Labute approximate surface area is 113 Å². The van der Waals surface area contributed by atoms with Crippen molar-refractivity contribution in [2.24, 2.45) is 5.73 Å². The molecule has 0 aromatic heterocycles. The smallest absolute Gasteiger partial charge is 0.123 e. The van der Waals surface area contributed by atoms with Crippen LogP contribution in [0.25, 0.3) is 0 Å². The van der Waals surface area contributed by atoms with Gasteiger partial charge in [-0.05, 0) is 25.3 Å². The first kappa shape index (κ1) is 12.9. The van der Waals surface area contributed by atoms with E-state index >= 15 is 0 Å². The Morgan fingerprint density at radius 2 is 2.21 bits per heavy atom. The normalized spacial score (nSPS) is 31.6. The molecule has 1 aromatic rings. The Hall–Kier alpha value is -1.10. The minimum absolute atomic E-state index is 0.102. The summed E-state index contributed by atoms with van der Waals surface area (Å²) in [5.41, 5.74) is 6.63. The quantitative estimate of drug-likeness (QED) is 0.860. The number of rotatable bonds is 3. The third-order valence-electron chi connectivity index (χ3n) is 4.48. The monoisotopic (exact) mass is 263 g/mol. The van der Waals surface area contributed by atoms with Gasteiger partial charge in [-0.3, -0.25) is 0 Å². The molecule has 1 fully saturated rings. The molecule has 4 heteroatoms. The third-order valence-corrected chi connectivity index (χ3v) is 4.48. The topological polar surface area (TPSA) is 64.7 Å². The lowest BCUT2D eigenvalue weighted by molar-refractivity contribution is -0.0528. The lowest BCUT2D eigenvalue weighted by Gasteiger charge is -2.43. The number of ether oxygens (including phenoxy) is 2. The minimum Gasteiger partial charge on any atom is -0.493 e. The van der Waals surface area contributed by atoms with Crippen LogP contribution in [-0.2, 0) is 10.2 Å². The maximum atomic E-state index is 10.8. The molecule has 3 atom stereocenters. The van der Waals surface area contributed by atoms with Gasteiger partial charge in [0.1, 0.15) is 5.75 Å². The standard InChI is InChI=1S/C15H21NO3/c16-10-15(14(17)13-6-3-8-18-13)7-9-19-12-5-2-1-4-11(12)15/h1-2,4-5,13-14,17H,3,6-10,16H2. The Morgan fingerprint density at radius 1 is 1.37 bits per heavy atom. The van der Waals surface area contributed by atoms with Gasteiger partial charge < -0.3 is 20.3 Å². The zero-order valence-corrected chi connectivity index (χ0v) is 11.0. The number of nitrogens with two attached hydrogens (primary N) is 1. The van der Waals surface area contributed by atoms with Crippen LogP contribution in [0.4, 0.5) is 0 Å². The molecule has 2 aliphatic heterocycles. The van der Waals surface area contributed by atoms with Crippen molar-refractivity contribution in [1.82, 2.24) is 0 Å². The van der Waals surface area contributed by atoms with Crippen molar-refractivity contribution in [3.05, 3.63) is 29.8 Å². The molecule has 3 N–H and O–H groups in total. The number of para-hydroxylation sites is 1. The van der Waals surface area contributed by atoms with E-state index in [1.165, 1.54) is 0 Å². The van der Waals surface area contributed by atoms with Gasteiger partial charge in [0, 0.05) is 24.1 Å². The third kappa shape index (κ3) is 2.04. The van der Waals surface area contributed by atoms with Crippen molar-refractivity contribution < 1.29 is 14.6 Å². The van der Waals surface area contributed by atoms with E-state index < -0.39 is 11.5 Å². The van der Waals surface area contributed by atoms with Crippen LogP contribution in [0.15, 0.2) is 24.3 Å². The molecule has 104 valence electrons. The molecule has 2 aliphatic rings. The summed E-state index contributed by atoms with van der Waals surface area (Å²) in [6, 6.07) is 7.88. The number of fused-ring (bicyclic) bond motifs is 1. The highest BCUT2D eigenvalue weighted by Crippen LogP contribution is 2.42. The molecular weight excluding hydrogens is 242 g/mol. The van der Waals surface area contributed by atoms with Crippen molar-refractivity contribution in [3.8, 4) is 5.75 Å². The highest BCUT2D eigenvalue weighted by atomic mass is 16.5. The van der Waals surface area contributed by atoms with Crippen molar-refractivity contribution in [3.63, 3.8) is 0 Å². The van der Waals surface area contributed by atoms with Crippen LogP contribution < -0.4 is 10.5 Å². The van der Waals surface area contributed by atoms with Crippen molar-refractivity contribution >= 4 is 0 Å². The highest BCUT2D eigenvalue weighted by Gasteiger charge is 2.46. The first-order valence-electron chi connectivity index (χ1n) is 7.00. The lowest BCUT2D eigenvalue weighted by Crippen LogP contribution is -2.53. The fourth-order valence-electron chi connectivity index (χ4n) is 3.33. The zero-order valence-electron chi connectivity index (χ0n) is 11.0. The number of aliphatic hydroxyl groups is 1. The Bertz CT molecular complexity index is 445. The molecule has 0 aliphatic carbocycles. The molecular formula is C15H21NO3. The first-order valence-corrected chi connectivity index (χ1v) is 7.00. The molecule has 0 saturated carbocycles. The van der Waals surface area contributed by atoms with E-state index in [4.69, 9.17) is 15.2 Å². The summed E-state index contributed by atoms with van der Waals surface area (Å²) < 4.78 is 11.3. The van der Waals surface area contributed by atoms with Gasteiger partial charge in [-0.15, -0.1) is 0 Å². The second-order valence-corrected chi connectivity index (χ2v) is 5.45. The summed E-state index contributed by atoms with van der Waals surface area (Å²) in [5, 5.41) is 10.8. The van der Waals surface area contributed by atoms with E-state index in [0.29, 0.717) is 13.2 Å². The van der Waals surface area contributed by atoms with Gasteiger partial charge in [0.05, 0.1) is 18.8 Å². The van der Waals surface area contributed by atoms with Crippen LogP contribution in [0.5, 0.6) is 5.75 Å². The van der Waals surface area contributed by atoms with E-state index in [9.17, 15) is 5.11 Å². The maximum Gasteiger partial charge on any atom is 0.123 e. The molecule has 0 amide bonds. The number of aliphatic hydroxyl groups excluding tert-OH is 1. The minimum atomic E-state index is -0.565. The second-order valence-electron chi connectivity index (χ2n) is 5.45. The fraction of sp³-hybridized carbons (Fsp3) is 0.600. The SMILES string of the molecule is NCC1(C(O)C2CCCO2)CCOc2ccccc21. The maximum absolute atomic E-state index is 10.8. The van der Waals surface area contributed by atoms with Crippen molar-refractivity contribution in [2.75, 3.05) is 19.8 Å². The molecule has 1 aromatic carbocycles. The van der Waals surface area contributed by atoms with Crippen LogP contribution in [0.1, 0.15) is 24.8 Å². The fourth-order valence-corrected chi connectivity index (χ4v) is 3.33. The number of hydrogen-bond acceptors (Lipinski definition) is 4. The molecule has 4 nitrogen and oxygen atoms in total. The van der Waals surface area contributed by atoms with Crippen LogP contribution in [0.2, 0.25) is 0 Å². The van der Waals surface area contributed by atoms with E-state index in [-0.39, 0.29) is 6.10 Å². The summed E-state index contributed by atoms with van der Waals surface area (Å²) in [6.45, 7) is 1.74. The number of hydrogen-bond donors (Lipinski definition) is 2. The lowest BCUT2D eigenvalue weighted by atomic mass is 9.69. The van der Waals surface area contributed by atoms with E-state index in [1.807, 2.05) is 24.3 Å². The zero-order chi connectivity index (χ0) is 13.3. The van der Waals surface area contributed by atoms with E-state index in [2.05, 4.69) is 0 Å². The van der Waals surface area contributed by atoms with Gasteiger partial charge in [0.15, 0.2) is 0 Å². The Morgan fingerprint density at radius 3 is 2.95 bits per heavy atom. The van der Waals surface area contributed by atoms with Crippen LogP contribution in [-0.4, -0.2) is 37.1 Å². The molecule has 0 radical (unpaired) electrons. The highest BCUT2D eigenvalue weighted by molar-refractivity contribution is 5.43. The molecule has 19 heavy (non-hydrogen) atoms. The average Bonchev–Trinajstić information content (AvgIpc) is 3.00. The molecule has 3 unspecified atom stereocenters. The van der Waals surface area contributed by atoms with Crippen LogP contribution >= 0.6 is 0 Å². The Balaban J connectivity index is 1.99. The van der Waals surface area contributed by atoms with Gasteiger partial charge in [-0.2, -0.15) is 0 Å². The van der Waals surface area contributed by atoms with Gasteiger partial charge >= 0.3 is 0 Å². The predicted molar refractivity (Wildman–Crippen MR) is 72.3 cm³/mol. The molecule has 3 rings (SSSR count). The number of benzene rings is 1. The van der Waals surface area contributed by atoms with Gasteiger partial charge in [0.25, 0.3) is 0 Å².